The highest BCUT2D eigenvalue weighted by Crippen LogP contribution is 2.54. The van der Waals surface area contributed by atoms with E-state index >= 15 is 0 Å². The van der Waals surface area contributed by atoms with Gasteiger partial charge in [-0.2, -0.15) is 0 Å². The van der Waals surface area contributed by atoms with Gasteiger partial charge in [-0.3, -0.25) is 20.1 Å². The number of hydrogen-bond donors (Lipinski definition) is 1. The normalized spacial score (nSPS) is 35.0. The average Bonchev–Trinajstić information content (AvgIpc) is 3.32. The number of nitro groups is 1. The molecule has 0 saturated carbocycles. The number of alkyl halides is 2. The fraction of sp³-hybridized carbons (Fsp3) is 0.533. The molecule has 4 bridgehead atoms. The van der Waals surface area contributed by atoms with Crippen molar-refractivity contribution in [3.63, 3.8) is 0 Å². The topological polar surface area (TPSA) is 162 Å². The van der Waals surface area contributed by atoms with Gasteiger partial charge in [-0.15, -0.1) is 0 Å². The number of sulfone groups is 2. The number of nitrogens with zero attached hydrogens (tertiary/aromatic N) is 3. The largest absolute Gasteiger partial charge is 0.399 e. The van der Waals surface area contributed by atoms with Crippen molar-refractivity contribution in [2.75, 3.05) is 19.1 Å². The van der Waals surface area contributed by atoms with Gasteiger partial charge in [0.1, 0.15) is 45.6 Å². The van der Waals surface area contributed by atoms with Gasteiger partial charge in [0.05, 0.1) is 15.4 Å². The highest BCUT2D eigenvalue weighted by molar-refractivity contribution is 7.95. The molecule has 0 aliphatic carbocycles. The highest BCUT2D eigenvalue weighted by atomic mass is 32.2. The van der Waals surface area contributed by atoms with Gasteiger partial charge >= 0.3 is 0 Å². The summed E-state index contributed by atoms with van der Waals surface area (Å²) in [6.45, 7) is 3.90. The van der Waals surface area contributed by atoms with Crippen molar-refractivity contribution >= 4 is 42.5 Å². The van der Waals surface area contributed by atoms with E-state index in [9.17, 15) is 44.5 Å². The van der Waals surface area contributed by atoms with E-state index in [1.807, 2.05) is 0 Å². The molecule has 4 aliphatic rings. The lowest BCUT2D eigenvalue weighted by molar-refractivity contribution is -0.385. The number of anilines is 1. The summed E-state index contributed by atoms with van der Waals surface area (Å²) >= 11 is 0. The fourth-order valence-corrected chi connectivity index (χ4v) is 13.3. The first-order valence-corrected chi connectivity index (χ1v) is 17.6. The van der Waals surface area contributed by atoms with Crippen LogP contribution in [0.3, 0.4) is 0 Å². The van der Waals surface area contributed by atoms with Crippen molar-refractivity contribution in [2.24, 2.45) is 9.98 Å². The molecule has 46 heavy (non-hydrogen) atoms. The summed E-state index contributed by atoms with van der Waals surface area (Å²) in [6.07, 6.45) is 0.660. The Balaban J connectivity index is 0.000000182. The Morgan fingerprint density at radius 3 is 1.65 bits per heavy atom. The monoisotopic (exact) mass is 686 g/mol. The maximum Gasteiger partial charge on any atom is 0.270 e. The predicted molar refractivity (Wildman–Crippen MR) is 166 cm³/mol. The van der Waals surface area contributed by atoms with Crippen LogP contribution in [-0.2, 0) is 30.8 Å². The first kappa shape index (κ1) is 33.9. The van der Waals surface area contributed by atoms with Crippen molar-refractivity contribution in [1.82, 2.24) is 0 Å². The van der Waals surface area contributed by atoms with Crippen LogP contribution in [0.1, 0.15) is 64.5 Å². The third kappa shape index (κ3) is 4.38. The van der Waals surface area contributed by atoms with Gasteiger partial charge in [-0.05, 0) is 77.6 Å². The minimum atomic E-state index is -3.94. The van der Waals surface area contributed by atoms with Crippen LogP contribution in [0.2, 0.25) is 0 Å². The van der Waals surface area contributed by atoms with E-state index in [0.29, 0.717) is 5.69 Å². The molecule has 2 fully saturated rings. The van der Waals surface area contributed by atoms with Gasteiger partial charge in [-0.25, -0.2) is 34.4 Å². The van der Waals surface area contributed by atoms with Gasteiger partial charge in [0.15, 0.2) is 19.7 Å². The molecule has 2 aromatic carbocycles. The van der Waals surface area contributed by atoms with E-state index in [-0.39, 0.29) is 53.9 Å². The third-order valence-corrected chi connectivity index (χ3v) is 16.8. The Labute approximate surface area is 264 Å². The number of rotatable bonds is 5. The molecule has 0 aromatic heterocycles. The minimum absolute atomic E-state index is 0.0813. The molecule has 10 nitrogen and oxygen atoms in total. The second-order valence-electron chi connectivity index (χ2n) is 12.8. The smallest absolute Gasteiger partial charge is 0.270 e. The van der Waals surface area contributed by atoms with Crippen LogP contribution in [0.15, 0.2) is 46.4 Å². The lowest BCUT2D eigenvalue weighted by Gasteiger charge is -2.40. The second-order valence-corrected chi connectivity index (χ2v) is 17.6. The first-order valence-electron chi connectivity index (χ1n) is 14.5. The number of hydrogen-bond acceptors (Lipinski definition) is 9. The van der Waals surface area contributed by atoms with E-state index in [1.54, 1.807) is 6.92 Å². The Morgan fingerprint density at radius 1 is 0.826 bits per heavy atom. The quantitative estimate of drug-likeness (QED) is 0.198. The Morgan fingerprint density at radius 2 is 1.24 bits per heavy atom. The number of nitrogen functional groups attached to an aromatic ring is 1. The molecule has 2 N–H and O–H groups in total. The van der Waals surface area contributed by atoms with Crippen LogP contribution in [0.5, 0.6) is 0 Å². The van der Waals surface area contributed by atoms with E-state index in [2.05, 4.69) is 9.98 Å². The van der Waals surface area contributed by atoms with Crippen molar-refractivity contribution < 1.29 is 39.3 Å². The number of aliphatic imine (C=N–C) groups is 2. The zero-order valence-corrected chi connectivity index (χ0v) is 27.2. The molecule has 0 spiro atoms. The van der Waals surface area contributed by atoms with E-state index in [0.717, 1.165) is 18.2 Å². The molecule has 0 amide bonds. The van der Waals surface area contributed by atoms with Crippen LogP contribution in [0.4, 0.5) is 28.9 Å². The van der Waals surface area contributed by atoms with Crippen LogP contribution < -0.4 is 5.73 Å². The zero-order chi connectivity index (χ0) is 34.3. The summed E-state index contributed by atoms with van der Waals surface area (Å²) < 4.78 is 104. The van der Waals surface area contributed by atoms with Crippen molar-refractivity contribution in [3.05, 3.63) is 69.3 Å². The molecule has 0 radical (unpaired) electrons. The van der Waals surface area contributed by atoms with E-state index in [1.165, 1.54) is 39.0 Å². The molecule has 0 unspecified atom stereocenters. The minimum Gasteiger partial charge on any atom is -0.399 e. The van der Waals surface area contributed by atoms with Crippen molar-refractivity contribution in [1.29, 1.82) is 0 Å². The van der Waals surface area contributed by atoms with Crippen LogP contribution in [0, 0.1) is 21.7 Å². The molecule has 250 valence electrons. The molecule has 2 saturated heterocycles. The lowest BCUT2D eigenvalue weighted by Crippen LogP contribution is -2.55. The molecule has 4 aliphatic heterocycles. The van der Waals surface area contributed by atoms with Gasteiger partial charge in [-0.1, -0.05) is 0 Å². The van der Waals surface area contributed by atoms with E-state index < -0.39 is 80.7 Å². The first-order chi connectivity index (χ1) is 21.3. The average molecular weight is 687 g/mol. The van der Waals surface area contributed by atoms with Crippen LogP contribution in [0.25, 0.3) is 0 Å². The Hall–Kier alpha value is -3.40. The summed E-state index contributed by atoms with van der Waals surface area (Å²) in [4.78, 5) is 19.1. The number of non-ortho nitro benzene ring substituents is 1. The fourth-order valence-electron chi connectivity index (χ4n) is 7.74. The number of benzene rings is 2. The Bertz CT molecular complexity index is 1920. The maximum atomic E-state index is 14.4. The van der Waals surface area contributed by atoms with Gasteiger partial charge < -0.3 is 5.73 Å². The molecule has 16 heteroatoms. The second kappa shape index (κ2) is 10.8. The molecule has 6 atom stereocenters. The predicted octanol–water partition coefficient (Wildman–Crippen LogP) is 5.09. The maximum absolute atomic E-state index is 14.4. The SMILES string of the molecule is CC1=N[C@](C)(c2cc(N)ccc2F)[C@H]2CC[C@]1(CF)S2(=O)=O.CC1=N[C@](C)(c2cc([N+](=O)[O-])ccc2F)[C@H]2CC[C@]1(CF)S2(=O)=O. The summed E-state index contributed by atoms with van der Waals surface area (Å²) in [5, 5.41) is 8.93. The van der Waals surface area contributed by atoms with E-state index in [4.69, 9.17) is 5.73 Å². The van der Waals surface area contributed by atoms with Gasteiger partial charge in [0, 0.05) is 40.4 Å². The summed E-state index contributed by atoms with van der Waals surface area (Å²) in [5.74, 6) is -1.32. The number of fused-ring (bicyclic) bond motifs is 4. The standard InChI is InChI=1S/C15H16F2N2O4S.C15H18F2N2O2S/c1-9-15(8-16)6-5-13(24(15,22)23)14(2,18-9)11-7-10(19(20)21)3-4-12(11)17;1-9-15(8-16)6-5-13(22(15,20)21)14(2,19-9)11-7-10(18)3-4-12(11)17/h3-4,7,13H,5-6,8H2,1-2H3;3-4,7,13H,5-6,8,18H2,1-2H3/t2*13-,14-,15-/m11/s1. The van der Waals surface area contributed by atoms with Crippen molar-refractivity contribution in [2.45, 2.75) is 84.5 Å². The number of halogens is 4. The zero-order valence-electron chi connectivity index (χ0n) is 25.6. The summed E-state index contributed by atoms with van der Waals surface area (Å²) in [7, 11) is -7.73. The van der Waals surface area contributed by atoms with Crippen molar-refractivity contribution in [3.8, 4) is 0 Å². The molecule has 4 heterocycles. The summed E-state index contributed by atoms with van der Waals surface area (Å²) in [6, 6.07) is 7.00. The molecule has 2 aromatic rings. The lowest BCUT2D eigenvalue weighted by atomic mass is 9.86. The summed E-state index contributed by atoms with van der Waals surface area (Å²) in [5.41, 5.74) is 3.21. The molecular weight excluding hydrogens is 652 g/mol. The number of nitrogens with two attached hydrogens (primary N) is 1. The number of nitro benzene ring substituents is 1. The van der Waals surface area contributed by atoms with Gasteiger partial charge in [0.2, 0.25) is 0 Å². The molecular formula is C30H34F4N4O6S2. The van der Waals surface area contributed by atoms with Crippen LogP contribution >= 0.6 is 0 Å². The Kier molecular flexibility index (Phi) is 7.99. The highest BCUT2D eigenvalue weighted by Gasteiger charge is 2.66. The van der Waals surface area contributed by atoms with Gasteiger partial charge in [0.25, 0.3) is 5.69 Å². The van der Waals surface area contributed by atoms with Crippen LogP contribution in [-0.4, -0.2) is 66.5 Å². The third-order valence-electron chi connectivity index (χ3n) is 10.5. The molecule has 6 rings (SSSR count).